The molecule has 13 nitrogen and oxygen atoms in total. The standard InChI is InChI=1S/C30H37N7O6/c1-7-8-16-36-24-25(33-27(36)35-15-11-12-20(17-35)32-28(41)43-30(3,4)5)34(6)29(42)37(26(24)40)18-23(39)21-13-9-10-14-22(21)31-19(2)38/h9-10,13-14,20H,11-12,15-18H2,1-6H3,(H,31,38)(H,32,41)/t20-/m1/s1. The molecule has 1 saturated heterocycles. The molecule has 0 aliphatic carbocycles. The highest BCUT2D eigenvalue weighted by Gasteiger charge is 2.29. The van der Waals surface area contributed by atoms with Crippen LogP contribution in [0.25, 0.3) is 11.2 Å². The lowest BCUT2D eigenvalue weighted by Gasteiger charge is -2.34. The molecule has 2 aromatic heterocycles. The molecule has 4 rings (SSSR count). The van der Waals surface area contributed by atoms with Crippen LogP contribution in [0.4, 0.5) is 16.4 Å². The summed E-state index contributed by atoms with van der Waals surface area (Å²) >= 11 is 0. The molecule has 43 heavy (non-hydrogen) atoms. The van der Waals surface area contributed by atoms with Crippen LogP contribution in [0.1, 0.15) is 57.8 Å². The highest BCUT2D eigenvalue weighted by molar-refractivity contribution is 6.04. The van der Waals surface area contributed by atoms with Gasteiger partial charge in [-0.3, -0.25) is 28.1 Å². The van der Waals surface area contributed by atoms with Crippen LogP contribution in [0, 0.1) is 11.8 Å². The van der Waals surface area contributed by atoms with Gasteiger partial charge < -0.3 is 20.3 Å². The zero-order valence-corrected chi connectivity index (χ0v) is 25.3. The number of carbonyl (C=O) groups is 3. The Hall–Kier alpha value is -4.86. The van der Waals surface area contributed by atoms with Crippen molar-refractivity contribution in [1.82, 2.24) is 24.0 Å². The summed E-state index contributed by atoms with van der Waals surface area (Å²) in [5, 5.41) is 5.52. The number of hydrogen-bond acceptors (Lipinski definition) is 8. The number of para-hydroxylation sites is 1. The van der Waals surface area contributed by atoms with Gasteiger partial charge in [0.2, 0.25) is 11.9 Å². The first kappa shape index (κ1) is 31.1. The average molecular weight is 592 g/mol. The number of benzene rings is 1. The Kier molecular flexibility index (Phi) is 9.08. The number of hydrogen-bond donors (Lipinski definition) is 2. The Balaban J connectivity index is 1.74. The Morgan fingerprint density at radius 2 is 1.86 bits per heavy atom. The molecule has 0 bridgehead atoms. The number of amides is 2. The van der Waals surface area contributed by atoms with Crippen molar-refractivity contribution in [3.8, 4) is 11.8 Å². The molecule has 1 aliphatic heterocycles. The molecule has 0 radical (unpaired) electrons. The van der Waals surface area contributed by atoms with Crippen molar-refractivity contribution in [2.24, 2.45) is 7.05 Å². The number of ether oxygens (including phenoxy) is 1. The van der Waals surface area contributed by atoms with Crippen molar-refractivity contribution in [1.29, 1.82) is 0 Å². The van der Waals surface area contributed by atoms with Crippen LogP contribution in [-0.2, 0) is 29.7 Å². The van der Waals surface area contributed by atoms with E-state index in [1.807, 2.05) is 4.90 Å². The molecular weight excluding hydrogens is 554 g/mol. The normalized spacial score (nSPS) is 15.0. The first-order valence-electron chi connectivity index (χ1n) is 14.0. The van der Waals surface area contributed by atoms with Gasteiger partial charge in [-0.25, -0.2) is 9.59 Å². The summed E-state index contributed by atoms with van der Waals surface area (Å²) in [6.45, 7) is 8.99. The van der Waals surface area contributed by atoms with Gasteiger partial charge in [0, 0.05) is 38.7 Å². The van der Waals surface area contributed by atoms with Crippen LogP contribution in [0.3, 0.4) is 0 Å². The summed E-state index contributed by atoms with van der Waals surface area (Å²) in [5.41, 5.74) is -1.27. The molecule has 3 heterocycles. The Morgan fingerprint density at radius 1 is 1.14 bits per heavy atom. The molecule has 2 amide bonds. The molecular formula is C30H37N7O6. The Morgan fingerprint density at radius 3 is 2.53 bits per heavy atom. The average Bonchev–Trinajstić information content (AvgIpc) is 3.31. The summed E-state index contributed by atoms with van der Waals surface area (Å²) in [6.07, 6.45) is 0.965. The number of aryl methyl sites for hydroxylation is 1. The number of fused-ring (bicyclic) bond motifs is 1. The van der Waals surface area contributed by atoms with Crippen molar-refractivity contribution in [2.75, 3.05) is 23.3 Å². The minimum absolute atomic E-state index is 0.121. The minimum atomic E-state index is -0.705. The number of nitrogens with zero attached hydrogens (tertiary/aromatic N) is 5. The second-order valence-electron chi connectivity index (χ2n) is 11.4. The van der Waals surface area contributed by atoms with E-state index in [0.29, 0.717) is 19.0 Å². The summed E-state index contributed by atoms with van der Waals surface area (Å²) in [4.78, 5) is 71.3. The quantitative estimate of drug-likeness (QED) is 0.314. The molecule has 2 N–H and O–H groups in total. The first-order chi connectivity index (χ1) is 20.3. The molecule has 0 unspecified atom stereocenters. The number of imidazole rings is 1. The molecule has 1 fully saturated rings. The number of ketones is 1. The number of piperidine rings is 1. The molecule has 0 saturated carbocycles. The van der Waals surface area contributed by atoms with Crippen LogP contribution in [0.2, 0.25) is 0 Å². The van der Waals surface area contributed by atoms with E-state index < -0.39 is 35.3 Å². The fraction of sp³-hybridized carbons (Fsp3) is 0.467. The highest BCUT2D eigenvalue weighted by atomic mass is 16.6. The number of Topliss-reactive ketones (excluding diaryl/α,β-unsaturated/α-hetero) is 1. The first-order valence-corrected chi connectivity index (χ1v) is 14.0. The fourth-order valence-corrected chi connectivity index (χ4v) is 5.05. The minimum Gasteiger partial charge on any atom is -0.444 e. The van der Waals surface area contributed by atoms with E-state index >= 15 is 0 Å². The fourth-order valence-electron chi connectivity index (χ4n) is 5.05. The zero-order valence-electron chi connectivity index (χ0n) is 25.3. The van der Waals surface area contributed by atoms with Gasteiger partial charge in [-0.1, -0.05) is 18.1 Å². The molecule has 0 spiro atoms. The summed E-state index contributed by atoms with van der Waals surface area (Å²) in [6, 6.07) is 6.18. The van der Waals surface area contributed by atoms with E-state index in [0.717, 1.165) is 17.4 Å². The summed E-state index contributed by atoms with van der Waals surface area (Å²) in [5.74, 6) is 5.37. The third kappa shape index (κ3) is 6.97. The van der Waals surface area contributed by atoms with Gasteiger partial charge in [-0.15, -0.1) is 5.92 Å². The number of alkyl carbamates (subject to hydrolysis) is 1. The SMILES string of the molecule is CC#CCn1c(N2CCC[C@@H](NC(=O)OC(C)(C)C)C2)nc2c1c(=O)n(CC(=O)c1ccccc1NC(C)=O)c(=O)n2C. The van der Waals surface area contributed by atoms with E-state index in [-0.39, 0.29) is 40.9 Å². The Bertz CT molecular complexity index is 1750. The van der Waals surface area contributed by atoms with Crippen LogP contribution in [-0.4, -0.2) is 61.2 Å². The van der Waals surface area contributed by atoms with E-state index in [4.69, 9.17) is 9.72 Å². The highest BCUT2D eigenvalue weighted by Crippen LogP contribution is 2.24. The number of nitrogens with one attached hydrogen (secondary N) is 2. The van der Waals surface area contributed by atoms with Crippen molar-refractivity contribution in [2.45, 2.75) is 72.2 Å². The number of anilines is 2. The van der Waals surface area contributed by atoms with Crippen LogP contribution in [0.15, 0.2) is 33.9 Å². The molecule has 1 aliphatic rings. The predicted octanol–water partition coefficient (Wildman–Crippen LogP) is 2.25. The van der Waals surface area contributed by atoms with E-state index in [1.54, 1.807) is 50.5 Å². The topological polar surface area (TPSA) is 150 Å². The monoisotopic (exact) mass is 591 g/mol. The van der Waals surface area contributed by atoms with Gasteiger partial charge in [-0.2, -0.15) is 4.98 Å². The third-order valence-electron chi connectivity index (χ3n) is 6.89. The van der Waals surface area contributed by atoms with Crippen LogP contribution >= 0.6 is 0 Å². The number of carbonyl (C=O) groups excluding carboxylic acids is 3. The summed E-state index contributed by atoms with van der Waals surface area (Å²) in [7, 11) is 1.49. The maximum atomic E-state index is 13.9. The maximum Gasteiger partial charge on any atom is 0.407 e. The predicted molar refractivity (Wildman–Crippen MR) is 162 cm³/mol. The molecule has 1 atom stereocenters. The number of rotatable bonds is 7. The van der Waals surface area contributed by atoms with Gasteiger partial charge in [0.25, 0.3) is 5.56 Å². The van der Waals surface area contributed by atoms with E-state index in [2.05, 4.69) is 22.5 Å². The van der Waals surface area contributed by atoms with Gasteiger partial charge in [0.1, 0.15) is 5.60 Å². The van der Waals surface area contributed by atoms with Crippen molar-refractivity contribution >= 4 is 40.6 Å². The van der Waals surface area contributed by atoms with Gasteiger partial charge in [0.05, 0.1) is 18.8 Å². The van der Waals surface area contributed by atoms with Crippen LogP contribution < -0.4 is 26.8 Å². The van der Waals surface area contributed by atoms with Gasteiger partial charge in [-0.05, 0) is 52.7 Å². The van der Waals surface area contributed by atoms with Crippen molar-refractivity contribution < 1.29 is 19.1 Å². The van der Waals surface area contributed by atoms with Crippen molar-refractivity contribution in [3.63, 3.8) is 0 Å². The largest absolute Gasteiger partial charge is 0.444 e. The van der Waals surface area contributed by atoms with Crippen LogP contribution in [0.5, 0.6) is 0 Å². The number of aromatic nitrogens is 4. The van der Waals surface area contributed by atoms with Gasteiger partial charge >= 0.3 is 11.8 Å². The lowest BCUT2D eigenvalue weighted by atomic mass is 10.1. The molecule has 3 aromatic rings. The van der Waals surface area contributed by atoms with Gasteiger partial charge in [0.15, 0.2) is 16.9 Å². The molecule has 228 valence electrons. The summed E-state index contributed by atoms with van der Waals surface area (Å²) < 4.78 is 9.18. The second-order valence-corrected chi connectivity index (χ2v) is 11.4. The zero-order chi connectivity index (χ0) is 31.5. The maximum absolute atomic E-state index is 13.9. The third-order valence-corrected chi connectivity index (χ3v) is 6.89. The second kappa shape index (κ2) is 12.6. The van der Waals surface area contributed by atoms with Crippen molar-refractivity contribution in [3.05, 3.63) is 50.7 Å². The van der Waals surface area contributed by atoms with E-state index in [9.17, 15) is 24.0 Å². The molecule has 13 heteroatoms. The lowest BCUT2D eigenvalue weighted by molar-refractivity contribution is -0.114. The molecule has 1 aromatic carbocycles. The lowest BCUT2D eigenvalue weighted by Crippen LogP contribution is -2.49. The Labute approximate surface area is 248 Å². The smallest absolute Gasteiger partial charge is 0.407 e. The van der Waals surface area contributed by atoms with E-state index in [1.165, 1.54) is 24.6 Å².